The largest absolute Gasteiger partial charge is 0.339 e. The van der Waals surface area contributed by atoms with Crippen LogP contribution >= 0.6 is 23.2 Å². The molecule has 0 fully saturated rings. The molecule has 0 radical (unpaired) electrons. The van der Waals surface area contributed by atoms with Crippen LogP contribution in [0.2, 0.25) is 10.0 Å². The Morgan fingerprint density at radius 1 is 0.735 bits per heavy atom. The van der Waals surface area contributed by atoms with Crippen molar-refractivity contribution < 1.29 is 9.59 Å². The summed E-state index contributed by atoms with van der Waals surface area (Å²) in [6.45, 7) is 0.653. The van der Waals surface area contributed by atoms with E-state index in [4.69, 9.17) is 23.2 Å². The van der Waals surface area contributed by atoms with Gasteiger partial charge in [0.2, 0.25) is 0 Å². The van der Waals surface area contributed by atoms with Gasteiger partial charge in [-0.3, -0.25) is 19.8 Å². The van der Waals surface area contributed by atoms with E-state index in [0.29, 0.717) is 45.9 Å². The second-order valence-electron chi connectivity index (χ2n) is 7.75. The minimum atomic E-state index is -0.241. The number of carbonyl (C=O) groups is 2. The Kier molecular flexibility index (Phi) is 7.00. The van der Waals surface area contributed by atoms with E-state index in [1.807, 2.05) is 36.4 Å². The highest BCUT2D eigenvalue weighted by molar-refractivity contribution is 6.33. The van der Waals surface area contributed by atoms with Gasteiger partial charge < -0.3 is 9.80 Å². The minimum absolute atomic E-state index is 0.241. The highest BCUT2D eigenvalue weighted by atomic mass is 35.5. The van der Waals surface area contributed by atoms with Crippen LogP contribution in [-0.4, -0.2) is 69.2 Å². The van der Waals surface area contributed by atoms with Gasteiger partial charge in [-0.25, -0.2) is 0 Å². The number of rotatable bonds is 7. The highest BCUT2D eigenvalue weighted by Crippen LogP contribution is 2.27. The third-order valence-corrected chi connectivity index (χ3v) is 6.04. The minimum Gasteiger partial charge on any atom is -0.339 e. The predicted molar refractivity (Wildman–Crippen MR) is 132 cm³/mol. The first kappa shape index (κ1) is 23.5. The third kappa shape index (κ3) is 4.98. The van der Waals surface area contributed by atoms with E-state index in [9.17, 15) is 9.59 Å². The van der Waals surface area contributed by atoms with Crippen LogP contribution in [0.3, 0.4) is 0 Å². The molecule has 4 aromatic rings. The van der Waals surface area contributed by atoms with E-state index in [1.54, 1.807) is 38.4 Å². The van der Waals surface area contributed by atoms with Crippen molar-refractivity contribution in [1.29, 1.82) is 0 Å². The van der Waals surface area contributed by atoms with E-state index in [2.05, 4.69) is 20.4 Å². The van der Waals surface area contributed by atoms with Crippen LogP contribution in [0.4, 0.5) is 0 Å². The zero-order valence-corrected chi connectivity index (χ0v) is 20.1. The summed E-state index contributed by atoms with van der Waals surface area (Å²) in [5, 5.41) is 15.1. The van der Waals surface area contributed by atoms with Crippen LogP contribution in [-0.2, 0) is 0 Å². The Morgan fingerprint density at radius 2 is 1.12 bits per heavy atom. The number of benzene rings is 2. The molecule has 0 spiro atoms. The van der Waals surface area contributed by atoms with Gasteiger partial charge in [0.1, 0.15) is 11.4 Å². The van der Waals surface area contributed by atoms with Crippen molar-refractivity contribution in [2.45, 2.75) is 0 Å². The van der Waals surface area contributed by atoms with Gasteiger partial charge in [-0.05, 0) is 24.3 Å². The Balaban J connectivity index is 1.36. The molecule has 0 aliphatic carbocycles. The molecule has 174 valence electrons. The van der Waals surface area contributed by atoms with Gasteiger partial charge in [0.15, 0.2) is 0 Å². The quantitative estimate of drug-likeness (QED) is 0.390. The van der Waals surface area contributed by atoms with Crippen molar-refractivity contribution in [3.05, 3.63) is 82.1 Å². The number of halogens is 2. The molecule has 2 aromatic carbocycles. The van der Waals surface area contributed by atoms with E-state index in [1.165, 1.54) is 9.80 Å². The molecule has 4 rings (SSSR count). The average Bonchev–Trinajstić information content (AvgIpc) is 3.52. The van der Waals surface area contributed by atoms with Crippen LogP contribution in [0, 0.1) is 0 Å². The van der Waals surface area contributed by atoms with Crippen LogP contribution in [0.1, 0.15) is 21.0 Å². The van der Waals surface area contributed by atoms with Crippen molar-refractivity contribution in [1.82, 2.24) is 30.2 Å². The number of likely N-dealkylation sites (N-methyl/N-ethyl adjacent to an activating group) is 2. The number of carbonyl (C=O) groups excluding carboxylic acids is 2. The van der Waals surface area contributed by atoms with Gasteiger partial charge in [0, 0.05) is 38.3 Å². The first-order chi connectivity index (χ1) is 16.3. The van der Waals surface area contributed by atoms with E-state index >= 15 is 0 Å². The number of amides is 2. The van der Waals surface area contributed by atoms with Crippen molar-refractivity contribution in [3.8, 4) is 22.5 Å². The second-order valence-corrected chi connectivity index (χ2v) is 8.56. The SMILES string of the molecule is CN(CCN(C)C(=O)c1cc(-c2ccccc2Cl)n[nH]1)C(=O)c1cc(-c2ccccc2Cl)n[nH]1. The molecule has 0 saturated carbocycles. The Hall–Kier alpha value is -3.62. The molecule has 10 heteroatoms. The Labute approximate surface area is 206 Å². The standard InChI is InChI=1S/C24H22Cl2N6O2/c1-31(23(33)21-13-19(27-29-21)15-7-3-5-9-17(15)25)11-12-32(2)24(34)22-14-20(28-30-22)16-8-4-6-10-18(16)26/h3-10,13-14H,11-12H2,1-2H3,(H,27,29)(H,28,30). The number of nitrogens with one attached hydrogen (secondary N) is 2. The maximum Gasteiger partial charge on any atom is 0.271 e. The van der Waals surface area contributed by atoms with Crippen molar-refractivity contribution in [2.24, 2.45) is 0 Å². The molecule has 2 aromatic heterocycles. The van der Waals surface area contributed by atoms with Gasteiger partial charge in [-0.2, -0.15) is 10.2 Å². The van der Waals surface area contributed by atoms with Gasteiger partial charge in [0.05, 0.1) is 21.4 Å². The smallest absolute Gasteiger partial charge is 0.271 e. The van der Waals surface area contributed by atoms with Gasteiger partial charge in [-0.1, -0.05) is 59.6 Å². The van der Waals surface area contributed by atoms with Crippen molar-refractivity contribution in [3.63, 3.8) is 0 Å². The summed E-state index contributed by atoms with van der Waals surface area (Å²) < 4.78 is 0. The first-order valence-corrected chi connectivity index (χ1v) is 11.2. The Morgan fingerprint density at radius 3 is 1.50 bits per heavy atom. The maximum absolute atomic E-state index is 12.8. The molecule has 0 aliphatic rings. The van der Waals surface area contributed by atoms with Crippen LogP contribution in [0.5, 0.6) is 0 Å². The van der Waals surface area contributed by atoms with E-state index in [0.717, 1.165) is 11.1 Å². The molecule has 0 atom stereocenters. The van der Waals surface area contributed by atoms with E-state index < -0.39 is 0 Å². The zero-order valence-electron chi connectivity index (χ0n) is 18.5. The number of aromatic nitrogens is 4. The Bertz CT molecular complexity index is 1230. The molecule has 0 aliphatic heterocycles. The molecule has 2 N–H and O–H groups in total. The molecule has 0 bridgehead atoms. The second kappa shape index (κ2) is 10.1. The van der Waals surface area contributed by atoms with Crippen molar-refractivity contribution >= 4 is 35.0 Å². The highest BCUT2D eigenvalue weighted by Gasteiger charge is 2.20. The fourth-order valence-corrected chi connectivity index (χ4v) is 3.86. The van der Waals surface area contributed by atoms with Gasteiger partial charge >= 0.3 is 0 Å². The molecular weight excluding hydrogens is 475 g/mol. The maximum atomic E-state index is 12.8. The molecule has 2 heterocycles. The number of nitrogens with zero attached hydrogens (tertiary/aromatic N) is 4. The zero-order chi connectivity index (χ0) is 24.2. The van der Waals surface area contributed by atoms with Gasteiger partial charge in [-0.15, -0.1) is 0 Å². The molecule has 2 amide bonds. The number of H-pyrrole nitrogens is 2. The molecule has 8 nitrogen and oxygen atoms in total. The average molecular weight is 497 g/mol. The summed E-state index contributed by atoms with van der Waals surface area (Å²) in [7, 11) is 3.34. The normalized spacial score (nSPS) is 10.8. The summed E-state index contributed by atoms with van der Waals surface area (Å²) >= 11 is 12.4. The predicted octanol–water partition coefficient (Wildman–Crippen LogP) is 4.62. The lowest BCUT2D eigenvalue weighted by molar-refractivity contribution is 0.0713. The first-order valence-electron chi connectivity index (χ1n) is 10.5. The summed E-state index contributed by atoms with van der Waals surface area (Å²) in [4.78, 5) is 28.7. The summed E-state index contributed by atoms with van der Waals surface area (Å²) in [6, 6.07) is 17.9. The van der Waals surface area contributed by atoms with Crippen LogP contribution in [0.25, 0.3) is 22.5 Å². The van der Waals surface area contributed by atoms with Gasteiger partial charge in [0.25, 0.3) is 11.8 Å². The van der Waals surface area contributed by atoms with Crippen LogP contribution < -0.4 is 0 Å². The number of aromatic amines is 2. The molecule has 0 saturated heterocycles. The molecular formula is C24H22Cl2N6O2. The number of hydrogen-bond donors (Lipinski definition) is 2. The molecule has 0 unspecified atom stereocenters. The summed E-state index contributed by atoms with van der Waals surface area (Å²) in [5.41, 5.74) is 3.33. The topological polar surface area (TPSA) is 98.0 Å². The fourth-order valence-electron chi connectivity index (χ4n) is 3.39. The summed E-state index contributed by atoms with van der Waals surface area (Å²) in [6.07, 6.45) is 0. The third-order valence-electron chi connectivity index (χ3n) is 5.38. The lowest BCUT2D eigenvalue weighted by atomic mass is 10.1. The monoisotopic (exact) mass is 496 g/mol. The lowest BCUT2D eigenvalue weighted by Crippen LogP contribution is -2.37. The van der Waals surface area contributed by atoms with Crippen LogP contribution in [0.15, 0.2) is 60.7 Å². The lowest BCUT2D eigenvalue weighted by Gasteiger charge is -2.21. The fraction of sp³-hybridized carbons (Fsp3) is 0.167. The summed E-state index contributed by atoms with van der Waals surface area (Å²) in [5.74, 6) is -0.483. The van der Waals surface area contributed by atoms with Crippen molar-refractivity contribution in [2.75, 3.05) is 27.2 Å². The number of hydrogen-bond acceptors (Lipinski definition) is 4. The molecule has 34 heavy (non-hydrogen) atoms. The van der Waals surface area contributed by atoms with E-state index in [-0.39, 0.29) is 11.8 Å².